The van der Waals surface area contributed by atoms with Crippen molar-refractivity contribution in [3.05, 3.63) is 60.7 Å². The molecule has 0 unspecified atom stereocenters. The Morgan fingerprint density at radius 3 is 2.64 bits per heavy atom. The first-order chi connectivity index (χ1) is 13.7. The monoisotopic (exact) mass is 377 g/mol. The second-order valence-electron chi connectivity index (χ2n) is 6.92. The molecule has 28 heavy (non-hydrogen) atoms. The molecule has 0 saturated heterocycles. The first-order valence-corrected chi connectivity index (χ1v) is 9.33. The van der Waals surface area contributed by atoms with Gasteiger partial charge in [-0.1, -0.05) is 18.2 Å². The molecule has 6 nitrogen and oxygen atoms in total. The molecule has 1 fully saturated rings. The lowest BCUT2D eigenvalue weighted by atomic mass is 10.0. The van der Waals surface area contributed by atoms with Crippen LogP contribution in [0.2, 0.25) is 0 Å². The van der Waals surface area contributed by atoms with E-state index < -0.39 is 0 Å². The molecule has 0 aliphatic heterocycles. The van der Waals surface area contributed by atoms with Gasteiger partial charge in [-0.05, 0) is 54.2 Å². The van der Waals surface area contributed by atoms with Crippen molar-refractivity contribution in [3.63, 3.8) is 0 Å². The maximum atomic E-state index is 12.5. The number of ether oxygens (including phenoxy) is 2. The summed E-state index contributed by atoms with van der Waals surface area (Å²) >= 11 is 0. The number of methoxy groups -OCH3 is 2. The molecule has 0 atom stereocenters. The average molecular weight is 377 g/mol. The summed E-state index contributed by atoms with van der Waals surface area (Å²) in [7, 11) is 3.24. The van der Waals surface area contributed by atoms with Crippen LogP contribution in [0.1, 0.15) is 23.3 Å². The molecule has 1 aromatic heterocycles. The van der Waals surface area contributed by atoms with Gasteiger partial charge in [0.2, 0.25) is 0 Å². The molecule has 0 bridgehead atoms. The van der Waals surface area contributed by atoms with Crippen molar-refractivity contribution < 1.29 is 14.3 Å². The predicted molar refractivity (Wildman–Crippen MR) is 107 cm³/mol. The Balaban J connectivity index is 1.63. The molecule has 0 spiro atoms. The number of amides is 1. The Kier molecular flexibility index (Phi) is 5.02. The van der Waals surface area contributed by atoms with Crippen LogP contribution in [0.15, 0.2) is 55.0 Å². The van der Waals surface area contributed by atoms with Gasteiger partial charge in [0.15, 0.2) is 11.5 Å². The number of benzene rings is 2. The van der Waals surface area contributed by atoms with Crippen LogP contribution < -0.4 is 14.8 Å². The van der Waals surface area contributed by atoms with E-state index in [-0.39, 0.29) is 5.91 Å². The molecule has 1 heterocycles. The van der Waals surface area contributed by atoms with Crippen molar-refractivity contribution in [1.29, 1.82) is 0 Å². The summed E-state index contributed by atoms with van der Waals surface area (Å²) in [5, 5.41) is 3.00. The molecule has 3 aromatic rings. The molecule has 0 radical (unpaired) electrons. The van der Waals surface area contributed by atoms with Crippen molar-refractivity contribution in [2.45, 2.75) is 12.8 Å². The fourth-order valence-electron chi connectivity index (χ4n) is 3.17. The van der Waals surface area contributed by atoms with Gasteiger partial charge in [0.05, 0.1) is 26.7 Å². The number of rotatable bonds is 7. The van der Waals surface area contributed by atoms with E-state index in [2.05, 4.69) is 10.3 Å². The number of carbonyl (C=O) groups excluding carboxylic acids is 1. The maximum absolute atomic E-state index is 12.5. The average Bonchev–Trinajstić information content (AvgIpc) is 3.44. The van der Waals surface area contributed by atoms with Crippen LogP contribution in [0.25, 0.3) is 16.8 Å². The summed E-state index contributed by atoms with van der Waals surface area (Å²) in [4.78, 5) is 16.7. The smallest absolute Gasteiger partial charge is 0.269 e. The number of hydrogen-bond donors (Lipinski definition) is 1. The van der Waals surface area contributed by atoms with E-state index in [0.29, 0.717) is 23.1 Å². The molecule has 1 saturated carbocycles. The SMILES string of the molecule is COc1ccc(-c2cccc(-n3cncc3C(=O)NCC3CC3)c2)cc1OC. The fourth-order valence-corrected chi connectivity index (χ4v) is 3.17. The van der Waals surface area contributed by atoms with Gasteiger partial charge >= 0.3 is 0 Å². The van der Waals surface area contributed by atoms with Crippen molar-refractivity contribution in [2.75, 3.05) is 20.8 Å². The second-order valence-corrected chi connectivity index (χ2v) is 6.92. The van der Waals surface area contributed by atoms with E-state index in [4.69, 9.17) is 9.47 Å². The van der Waals surface area contributed by atoms with Crippen LogP contribution in [0.4, 0.5) is 0 Å². The molecule has 6 heteroatoms. The van der Waals surface area contributed by atoms with E-state index in [0.717, 1.165) is 23.4 Å². The van der Waals surface area contributed by atoms with Gasteiger partial charge in [0.1, 0.15) is 5.69 Å². The van der Waals surface area contributed by atoms with E-state index >= 15 is 0 Å². The summed E-state index contributed by atoms with van der Waals surface area (Å²) in [5.74, 6) is 1.90. The molecule has 2 aromatic carbocycles. The Morgan fingerprint density at radius 2 is 1.89 bits per heavy atom. The van der Waals surface area contributed by atoms with Crippen molar-refractivity contribution in [3.8, 4) is 28.3 Å². The van der Waals surface area contributed by atoms with E-state index in [1.807, 2.05) is 47.0 Å². The zero-order valence-corrected chi connectivity index (χ0v) is 16.0. The number of aromatic nitrogens is 2. The van der Waals surface area contributed by atoms with Crippen LogP contribution in [-0.4, -0.2) is 36.2 Å². The third kappa shape index (κ3) is 3.71. The largest absolute Gasteiger partial charge is 0.493 e. The van der Waals surface area contributed by atoms with Crippen LogP contribution in [0, 0.1) is 5.92 Å². The highest BCUT2D eigenvalue weighted by atomic mass is 16.5. The highest BCUT2D eigenvalue weighted by Crippen LogP contribution is 2.33. The highest BCUT2D eigenvalue weighted by Gasteiger charge is 2.23. The maximum Gasteiger partial charge on any atom is 0.269 e. The first-order valence-electron chi connectivity index (χ1n) is 9.33. The molecule has 1 aliphatic carbocycles. The van der Waals surface area contributed by atoms with Crippen LogP contribution in [-0.2, 0) is 0 Å². The van der Waals surface area contributed by atoms with Gasteiger partial charge < -0.3 is 14.8 Å². The van der Waals surface area contributed by atoms with E-state index in [9.17, 15) is 4.79 Å². The van der Waals surface area contributed by atoms with Crippen LogP contribution in [0.3, 0.4) is 0 Å². The Labute approximate surface area is 164 Å². The van der Waals surface area contributed by atoms with Gasteiger partial charge in [0.25, 0.3) is 5.91 Å². The number of imidazole rings is 1. The highest BCUT2D eigenvalue weighted by molar-refractivity contribution is 5.93. The van der Waals surface area contributed by atoms with Gasteiger partial charge in [-0.3, -0.25) is 9.36 Å². The topological polar surface area (TPSA) is 65.4 Å². The molecule has 4 rings (SSSR count). The summed E-state index contributed by atoms with van der Waals surface area (Å²) in [6, 6.07) is 13.8. The first kappa shape index (κ1) is 18.1. The van der Waals surface area contributed by atoms with Crippen molar-refractivity contribution in [1.82, 2.24) is 14.9 Å². The molecule has 144 valence electrons. The molecular formula is C22H23N3O3. The minimum atomic E-state index is -0.0964. The predicted octanol–water partition coefficient (Wildman–Crippen LogP) is 3.70. The molecular weight excluding hydrogens is 354 g/mol. The minimum Gasteiger partial charge on any atom is -0.493 e. The van der Waals surface area contributed by atoms with Crippen molar-refractivity contribution >= 4 is 5.91 Å². The lowest BCUT2D eigenvalue weighted by molar-refractivity contribution is 0.0945. The molecule has 1 amide bonds. The normalized spacial score (nSPS) is 13.2. The van der Waals surface area contributed by atoms with Gasteiger partial charge in [0, 0.05) is 12.2 Å². The van der Waals surface area contributed by atoms with Crippen LogP contribution in [0.5, 0.6) is 11.5 Å². The zero-order valence-electron chi connectivity index (χ0n) is 16.0. The number of carbonyl (C=O) groups is 1. The summed E-state index contributed by atoms with van der Waals surface area (Å²) in [5.41, 5.74) is 3.42. The fraction of sp³-hybridized carbons (Fsp3) is 0.273. The standard InChI is InChI=1S/C22H23N3O3/c1-27-20-9-8-17(11-21(20)28-2)16-4-3-5-18(10-16)25-14-23-13-19(25)22(26)24-12-15-6-7-15/h3-5,8-11,13-15H,6-7,12H2,1-2H3,(H,24,26). The van der Waals surface area contributed by atoms with Crippen LogP contribution >= 0.6 is 0 Å². The minimum absolute atomic E-state index is 0.0964. The Hall–Kier alpha value is -3.28. The number of hydrogen-bond acceptors (Lipinski definition) is 4. The quantitative estimate of drug-likeness (QED) is 0.682. The van der Waals surface area contributed by atoms with Gasteiger partial charge in [-0.25, -0.2) is 4.98 Å². The number of nitrogens with one attached hydrogen (secondary N) is 1. The van der Waals surface area contributed by atoms with Gasteiger partial charge in [-0.15, -0.1) is 0 Å². The van der Waals surface area contributed by atoms with Gasteiger partial charge in [-0.2, -0.15) is 0 Å². The lowest BCUT2D eigenvalue weighted by Crippen LogP contribution is -2.27. The summed E-state index contributed by atoms with van der Waals surface area (Å²) in [6.07, 6.45) is 5.67. The molecule has 1 aliphatic rings. The Morgan fingerprint density at radius 1 is 1.11 bits per heavy atom. The third-order valence-electron chi connectivity index (χ3n) is 4.96. The summed E-state index contributed by atoms with van der Waals surface area (Å²) in [6.45, 7) is 0.732. The summed E-state index contributed by atoms with van der Waals surface area (Å²) < 4.78 is 12.5. The zero-order chi connectivity index (χ0) is 19.5. The van der Waals surface area contributed by atoms with Crippen molar-refractivity contribution in [2.24, 2.45) is 5.92 Å². The Bertz CT molecular complexity index is 992. The molecule has 1 N–H and O–H groups in total. The lowest BCUT2D eigenvalue weighted by Gasteiger charge is -2.12. The van der Waals surface area contributed by atoms with E-state index in [1.54, 1.807) is 26.7 Å². The third-order valence-corrected chi connectivity index (χ3v) is 4.96. The second kappa shape index (κ2) is 7.76. The number of nitrogens with zero attached hydrogens (tertiary/aromatic N) is 2. The van der Waals surface area contributed by atoms with E-state index in [1.165, 1.54) is 12.8 Å².